The number of hydrogen-bond donors (Lipinski definition) is 2. The quantitative estimate of drug-likeness (QED) is 0.250. The molecule has 1 spiro atoms. The van der Waals surface area contributed by atoms with Crippen molar-refractivity contribution >= 4 is 63.9 Å². The highest BCUT2D eigenvalue weighted by atomic mass is 35.5. The fourth-order valence-electron chi connectivity index (χ4n) is 6.37. The molecule has 0 unspecified atom stereocenters. The van der Waals surface area contributed by atoms with Gasteiger partial charge in [0.2, 0.25) is 5.95 Å². The van der Waals surface area contributed by atoms with Crippen LogP contribution in [0.2, 0.25) is 5.02 Å². The first kappa shape index (κ1) is 28.0. The Kier molecular flexibility index (Phi) is 7.25. The molecule has 2 aromatic carbocycles. The molecule has 216 valence electrons. The first-order valence-electron chi connectivity index (χ1n) is 14.1. The molecular formula is C30H38ClN8OP. The number of rotatable bonds is 7. The van der Waals surface area contributed by atoms with Crippen LogP contribution in [0.5, 0.6) is 0 Å². The molecule has 1 aliphatic carbocycles. The Morgan fingerprint density at radius 1 is 1.07 bits per heavy atom. The van der Waals surface area contributed by atoms with Gasteiger partial charge >= 0.3 is 0 Å². The van der Waals surface area contributed by atoms with E-state index in [4.69, 9.17) is 16.7 Å². The average molecular weight is 593 g/mol. The number of piperidine rings is 1. The Bertz CT molecular complexity index is 1630. The largest absolute Gasteiger partial charge is 0.356 e. The van der Waals surface area contributed by atoms with Crippen LogP contribution >= 0.6 is 18.7 Å². The number of nitrogens with zero attached hydrogens (tertiary/aromatic N) is 6. The number of fused-ring (bicyclic) bond motifs is 1. The molecule has 1 saturated heterocycles. The number of anilines is 5. The van der Waals surface area contributed by atoms with Crippen LogP contribution in [0.15, 0.2) is 48.7 Å². The minimum absolute atomic E-state index is 0.375. The van der Waals surface area contributed by atoms with Crippen LogP contribution in [0.1, 0.15) is 25.7 Å². The van der Waals surface area contributed by atoms with Crippen molar-refractivity contribution in [1.82, 2.24) is 24.6 Å². The van der Waals surface area contributed by atoms with Crippen LogP contribution < -0.4 is 20.8 Å². The highest BCUT2D eigenvalue weighted by Crippen LogP contribution is 2.51. The summed E-state index contributed by atoms with van der Waals surface area (Å²) in [5.74, 6) is 2.03. The minimum Gasteiger partial charge on any atom is -0.356 e. The Hall–Kier alpha value is -3.13. The van der Waals surface area contributed by atoms with E-state index >= 15 is 0 Å². The molecule has 2 aromatic heterocycles. The lowest BCUT2D eigenvalue weighted by Gasteiger charge is -2.54. The molecule has 2 fully saturated rings. The molecule has 0 bridgehead atoms. The third kappa shape index (κ3) is 5.55. The van der Waals surface area contributed by atoms with Gasteiger partial charge in [-0.25, -0.2) is 4.98 Å². The Balaban J connectivity index is 1.18. The Morgan fingerprint density at radius 3 is 2.51 bits per heavy atom. The van der Waals surface area contributed by atoms with Crippen molar-refractivity contribution < 1.29 is 4.57 Å². The molecule has 6 rings (SSSR count). The van der Waals surface area contributed by atoms with Gasteiger partial charge in [0.25, 0.3) is 0 Å². The third-order valence-electron chi connectivity index (χ3n) is 8.73. The molecule has 9 nitrogen and oxygen atoms in total. The summed E-state index contributed by atoms with van der Waals surface area (Å²) in [6.07, 6.45) is 6.69. The zero-order valence-corrected chi connectivity index (χ0v) is 26.0. The molecule has 1 saturated carbocycles. The van der Waals surface area contributed by atoms with Gasteiger partial charge < -0.3 is 25.0 Å². The van der Waals surface area contributed by atoms with E-state index in [1.807, 2.05) is 48.1 Å². The maximum atomic E-state index is 12.8. The number of para-hydroxylation sites is 1. The predicted molar refractivity (Wildman–Crippen MR) is 170 cm³/mol. The average Bonchev–Trinajstić information content (AvgIpc) is 3.23. The molecule has 4 aromatic rings. The Morgan fingerprint density at radius 2 is 1.80 bits per heavy atom. The van der Waals surface area contributed by atoms with Crippen LogP contribution in [0.25, 0.3) is 10.9 Å². The van der Waals surface area contributed by atoms with Crippen LogP contribution in [0.3, 0.4) is 0 Å². The van der Waals surface area contributed by atoms with E-state index in [0.717, 1.165) is 41.0 Å². The maximum Gasteiger partial charge on any atom is 0.229 e. The van der Waals surface area contributed by atoms with Crippen LogP contribution in [0, 0.1) is 5.41 Å². The zero-order valence-electron chi connectivity index (χ0n) is 24.4. The second-order valence-electron chi connectivity index (χ2n) is 12.2. The summed E-state index contributed by atoms with van der Waals surface area (Å²) in [5.41, 5.74) is 3.00. The molecule has 11 heteroatoms. The van der Waals surface area contributed by atoms with Crippen molar-refractivity contribution in [3.8, 4) is 0 Å². The van der Waals surface area contributed by atoms with Gasteiger partial charge in [0.1, 0.15) is 18.0 Å². The number of benzene rings is 2. The predicted octanol–water partition coefficient (Wildman–Crippen LogP) is 6.06. The van der Waals surface area contributed by atoms with Crippen molar-refractivity contribution in [2.24, 2.45) is 12.5 Å². The second kappa shape index (κ2) is 10.6. The van der Waals surface area contributed by atoms with Gasteiger partial charge in [-0.1, -0.05) is 23.7 Å². The summed E-state index contributed by atoms with van der Waals surface area (Å²) < 4.78 is 14.8. The van der Waals surface area contributed by atoms with E-state index in [1.165, 1.54) is 31.5 Å². The standard InChI is InChI=1S/C30H38ClN8OP/c1-37(2)21-17-30(18-21)12-14-39(15-13-30)28-22-11-10-20(16-25(22)36-38(28)3)33-29-32-19-23(31)27(35-29)34-24-8-6-7-9-26(24)41(4,5)40/h6-11,16,19,21H,12-15,17-18H2,1-5H3,(H2,32,33,34,35). The van der Waals surface area contributed by atoms with Crippen LogP contribution in [0.4, 0.5) is 29.0 Å². The zero-order chi connectivity index (χ0) is 28.9. The van der Waals surface area contributed by atoms with Gasteiger partial charge in [0.05, 0.1) is 17.4 Å². The van der Waals surface area contributed by atoms with E-state index in [-0.39, 0.29) is 0 Å². The SMILES string of the molecule is CN(C)C1CC2(CCN(c3c4ccc(Nc5ncc(Cl)c(Nc6ccccc6P(C)(C)=O)n5)cc4nn3C)CC2)C1. The summed E-state index contributed by atoms with van der Waals surface area (Å²) in [7, 11) is 3.93. The van der Waals surface area contributed by atoms with Crippen LogP contribution in [-0.4, -0.2) is 71.2 Å². The van der Waals surface area contributed by atoms with Crippen molar-refractivity contribution in [2.45, 2.75) is 31.7 Å². The molecule has 41 heavy (non-hydrogen) atoms. The lowest BCUT2D eigenvalue weighted by Crippen LogP contribution is -2.53. The highest BCUT2D eigenvalue weighted by Gasteiger charge is 2.46. The van der Waals surface area contributed by atoms with E-state index in [2.05, 4.69) is 50.6 Å². The lowest BCUT2D eigenvalue weighted by atomic mass is 9.60. The van der Waals surface area contributed by atoms with Crippen LogP contribution in [-0.2, 0) is 11.6 Å². The number of hydrogen-bond acceptors (Lipinski definition) is 8. The number of aromatic nitrogens is 4. The van der Waals surface area contributed by atoms with Gasteiger partial charge in [0, 0.05) is 42.6 Å². The summed E-state index contributed by atoms with van der Waals surface area (Å²) in [6, 6.07) is 14.4. The van der Waals surface area contributed by atoms with Crippen molar-refractivity contribution in [3.05, 3.63) is 53.7 Å². The highest BCUT2D eigenvalue weighted by molar-refractivity contribution is 7.70. The smallest absolute Gasteiger partial charge is 0.229 e. The van der Waals surface area contributed by atoms with Gasteiger partial charge in [0.15, 0.2) is 5.82 Å². The monoisotopic (exact) mass is 592 g/mol. The molecule has 0 amide bonds. The molecule has 3 heterocycles. The molecule has 0 atom stereocenters. The summed E-state index contributed by atoms with van der Waals surface area (Å²) in [4.78, 5) is 13.9. The van der Waals surface area contributed by atoms with E-state index in [1.54, 1.807) is 19.5 Å². The van der Waals surface area contributed by atoms with Crippen molar-refractivity contribution in [3.63, 3.8) is 0 Å². The van der Waals surface area contributed by atoms with Gasteiger partial charge in [-0.2, -0.15) is 10.1 Å². The topological polar surface area (TPSA) is 91.2 Å². The summed E-state index contributed by atoms with van der Waals surface area (Å²) in [5, 5.41) is 13.7. The number of aryl methyl sites for hydroxylation is 1. The maximum absolute atomic E-state index is 12.8. The molecule has 0 radical (unpaired) electrons. The fourth-order valence-corrected chi connectivity index (χ4v) is 7.66. The molecular weight excluding hydrogens is 555 g/mol. The van der Waals surface area contributed by atoms with E-state index in [9.17, 15) is 4.57 Å². The number of halogens is 1. The minimum atomic E-state index is -2.50. The lowest BCUT2D eigenvalue weighted by molar-refractivity contribution is 0.00475. The summed E-state index contributed by atoms with van der Waals surface area (Å²) in [6.45, 7) is 5.63. The van der Waals surface area contributed by atoms with E-state index < -0.39 is 7.14 Å². The van der Waals surface area contributed by atoms with Gasteiger partial charge in [-0.3, -0.25) is 4.68 Å². The fraction of sp³-hybridized carbons (Fsp3) is 0.433. The number of nitrogens with one attached hydrogen (secondary N) is 2. The van der Waals surface area contributed by atoms with Gasteiger partial charge in [-0.05, 0) is 88.9 Å². The second-order valence-corrected chi connectivity index (χ2v) is 15.8. The van der Waals surface area contributed by atoms with E-state index in [0.29, 0.717) is 27.9 Å². The molecule has 2 N–H and O–H groups in total. The first-order chi connectivity index (χ1) is 19.5. The normalized spacial score (nSPS) is 17.3. The molecule has 2 aliphatic rings. The third-order valence-corrected chi connectivity index (χ3v) is 10.6. The van der Waals surface area contributed by atoms with Crippen molar-refractivity contribution in [2.75, 3.05) is 56.0 Å². The summed E-state index contributed by atoms with van der Waals surface area (Å²) >= 11 is 6.44. The first-order valence-corrected chi connectivity index (χ1v) is 17.1. The Labute approximate surface area is 246 Å². The molecule has 1 aliphatic heterocycles. The van der Waals surface area contributed by atoms with Gasteiger partial charge in [-0.15, -0.1) is 0 Å². The van der Waals surface area contributed by atoms with Crippen molar-refractivity contribution in [1.29, 1.82) is 0 Å².